The van der Waals surface area contributed by atoms with E-state index in [1.165, 1.54) is 0 Å². The molecule has 38 heavy (non-hydrogen) atoms. The Hall–Kier alpha value is -4.78. The second kappa shape index (κ2) is 13.0. The van der Waals surface area contributed by atoms with E-state index < -0.39 is 6.04 Å². The summed E-state index contributed by atoms with van der Waals surface area (Å²) in [5.41, 5.74) is 9.70. The Morgan fingerprint density at radius 1 is 0.842 bits per heavy atom. The molecule has 0 heterocycles. The van der Waals surface area contributed by atoms with Crippen molar-refractivity contribution in [2.45, 2.75) is 26.1 Å². The fourth-order valence-corrected chi connectivity index (χ4v) is 3.93. The number of amides is 1. The summed E-state index contributed by atoms with van der Waals surface area (Å²) < 4.78 is 11.9. The van der Waals surface area contributed by atoms with Gasteiger partial charge in [-0.25, -0.2) is 0 Å². The van der Waals surface area contributed by atoms with E-state index >= 15 is 0 Å². The highest BCUT2D eigenvalue weighted by Crippen LogP contribution is 2.33. The predicted molar refractivity (Wildman–Crippen MR) is 150 cm³/mol. The number of nitrogen functional groups attached to an aromatic ring is 1. The van der Waals surface area contributed by atoms with Gasteiger partial charge in [0.25, 0.3) is 0 Å². The van der Waals surface area contributed by atoms with Gasteiger partial charge in [0, 0.05) is 17.8 Å². The molecule has 0 aliphatic carbocycles. The first-order chi connectivity index (χ1) is 18.5. The molecule has 0 saturated carbocycles. The second-order valence-electron chi connectivity index (χ2n) is 8.69. The fraction of sp³-hybridized carbons (Fsp3) is 0.161. The first-order valence-electron chi connectivity index (χ1n) is 12.5. The van der Waals surface area contributed by atoms with Crippen LogP contribution in [0.25, 0.3) is 0 Å². The summed E-state index contributed by atoms with van der Waals surface area (Å²) in [6.45, 7) is 3.17. The van der Waals surface area contributed by atoms with Crippen LogP contribution < -0.4 is 25.8 Å². The number of ether oxygens (including phenoxy) is 2. The van der Waals surface area contributed by atoms with E-state index in [1.54, 1.807) is 24.3 Å². The Labute approximate surface area is 223 Å². The highest BCUT2D eigenvalue weighted by atomic mass is 16.5. The number of amidine groups is 1. The maximum Gasteiger partial charge on any atom is 0.247 e. The van der Waals surface area contributed by atoms with E-state index in [1.807, 2.05) is 85.8 Å². The van der Waals surface area contributed by atoms with E-state index in [0.717, 1.165) is 22.4 Å². The van der Waals surface area contributed by atoms with Crippen LogP contribution in [-0.4, -0.2) is 18.3 Å². The van der Waals surface area contributed by atoms with Crippen molar-refractivity contribution in [2.75, 3.05) is 11.9 Å². The van der Waals surface area contributed by atoms with Crippen LogP contribution in [0.4, 0.5) is 5.69 Å². The van der Waals surface area contributed by atoms with E-state index in [9.17, 15) is 4.79 Å². The largest absolute Gasteiger partial charge is 0.490 e. The molecule has 4 aromatic carbocycles. The smallest absolute Gasteiger partial charge is 0.247 e. The number of rotatable bonds is 12. The first-order valence-corrected chi connectivity index (χ1v) is 12.5. The summed E-state index contributed by atoms with van der Waals surface area (Å²) in [4.78, 5) is 13.5. The third-order valence-corrected chi connectivity index (χ3v) is 5.92. The minimum atomic E-state index is -0.704. The van der Waals surface area contributed by atoms with Gasteiger partial charge in [0.1, 0.15) is 18.5 Å². The van der Waals surface area contributed by atoms with E-state index in [4.69, 9.17) is 20.6 Å². The number of hydrogen-bond acceptors (Lipinski definition) is 5. The zero-order chi connectivity index (χ0) is 26.7. The van der Waals surface area contributed by atoms with Gasteiger partial charge in [-0.05, 0) is 60.0 Å². The minimum Gasteiger partial charge on any atom is -0.490 e. The van der Waals surface area contributed by atoms with Crippen molar-refractivity contribution in [1.82, 2.24) is 5.32 Å². The number of anilines is 1. The molecule has 1 amide bonds. The molecule has 7 heteroatoms. The van der Waals surface area contributed by atoms with Crippen molar-refractivity contribution >= 4 is 17.4 Å². The van der Waals surface area contributed by atoms with Crippen molar-refractivity contribution in [3.8, 4) is 11.5 Å². The standard InChI is InChI=1S/C31H32N4O3/c1-2-37-28-19-25(15-18-27(28)38-21-23-11-7-4-8-12-23)29(31(36)34-20-22-9-5-3-6-10-22)35-26-16-13-24(14-17-26)30(32)33/h3-19,29,35H,2,20-21H2,1H3,(H3,32,33)(H,34,36)/t29-/m1/s1. The predicted octanol–water partition coefficient (Wildman–Crippen LogP) is 5.42. The molecular formula is C31H32N4O3. The lowest BCUT2D eigenvalue weighted by Gasteiger charge is -2.22. The molecule has 0 unspecified atom stereocenters. The van der Waals surface area contributed by atoms with Gasteiger partial charge in [-0.3, -0.25) is 10.2 Å². The average molecular weight is 509 g/mol. The van der Waals surface area contributed by atoms with E-state index in [0.29, 0.717) is 36.8 Å². The summed E-state index contributed by atoms with van der Waals surface area (Å²) in [5, 5.41) is 14.0. The molecule has 0 fully saturated rings. The zero-order valence-electron chi connectivity index (χ0n) is 21.3. The minimum absolute atomic E-state index is 0.0128. The number of benzene rings is 4. The number of nitrogens with two attached hydrogens (primary N) is 1. The summed E-state index contributed by atoms with van der Waals surface area (Å²) >= 11 is 0. The normalized spacial score (nSPS) is 11.3. The van der Waals surface area contributed by atoms with Gasteiger partial charge >= 0.3 is 0 Å². The molecule has 0 bridgehead atoms. The number of hydrogen-bond donors (Lipinski definition) is 4. The summed E-state index contributed by atoms with van der Waals surface area (Å²) in [6, 6.07) is 31.6. The van der Waals surface area contributed by atoms with Crippen LogP contribution in [0.15, 0.2) is 103 Å². The van der Waals surface area contributed by atoms with Crippen molar-refractivity contribution in [3.63, 3.8) is 0 Å². The molecule has 194 valence electrons. The van der Waals surface area contributed by atoms with E-state index in [-0.39, 0.29) is 11.7 Å². The maximum atomic E-state index is 13.5. The molecule has 4 aromatic rings. The van der Waals surface area contributed by atoms with Gasteiger partial charge in [-0.1, -0.05) is 66.7 Å². The molecule has 4 rings (SSSR count). The van der Waals surface area contributed by atoms with Crippen molar-refractivity contribution in [1.29, 1.82) is 5.41 Å². The van der Waals surface area contributed by atoms with Gasteiger partial charge in [0.15, 0.2) is 11.5 Å². The lowest BCUT2D eigenvalue weighted by atomic mass is 10.0. The summed E-state index contributed by atoms with van der Waals surface area (Å²) in [5.74, 6) is 0.968. The fourth-order valence-electron chi connectivity index (χ4n) is 3.93. The average Bonchev–Trinajstić information content (AvgIpc) is 2.95. The van der Waals surface area contributed by atoms with Gasteiger partial charge < -0.3 is 25.8 Å². The second-order valence-corrected chi connectivity index (χ2v) is 8.69. The number of nitrogens with one attached hydrogen (secondary N) is 3. The molecule has 0 saturated heterocycles. The van der Waals surface area contributed by atoms with Crippen molar-refractivity contribution in [3.05, 3.63) is 125 Å². The topological polar surface area (TPSA) is 109 Å². The van der Waals surface area contributed by atoms with Gasteiger partial charge in [0.05, 0.1) is 6.61 Å². The molecule has 0 aliphatic heterocycles. The van der Waals surface area contributed by atoms with Crippen LogP contribution in [0, 0.1) is 5.41 Å². The lowest BCUT2D eigenvalue weighted by molar-refractivity contribution is -0.122. The zero-order valence-corrected chi connectivity index (χ0v) is 21.3. The molecule has 5 N–H and O–H groups in total. The van der Waals surface area contributed by atoms with E-state index in [2.05, 4.69) is 10.6 Å². The van der Waals surface area contributed by atoms with Gasteiger partial charge in [0.2, 0.25) is 5.91 Å². The quantitative estimate of drug-likeness (QED) is 0.151. The Morgan fingerprint density at radius 2 is 1.50 bits per heavy atom. The highest BCUT2D eigenvalue weighted by Gasteiger charge is 2.22. The molecule has 0 spiro atoms. The third-order valence-electron chi connectivity index (χ3n) is 5.92. The Morgan fingerprint density at radius 3 is 2.13 bits per heavy atom. The van der Waals surface area contributed by atoms with Crippen LogP contribution in [0.2, 0.25) is 0 Å². The van der Waals surface area contributed by atoms with Crippen LogP contribution in [0.1, 0.15) is 35.2 Å². The molecular weight excluding hydrogens is 476 g/mol. The SMILES string of the molecule is CCOc1cc([C@@H](Nc2ccc(C(=N)N)cc2)C(=O)NCc2ccccc2)ccc1OCc1ccccc1. The van der Waals surface area contributed by atoms with Crippen molar-refractivity contribution < 1.29 is 14.3 Å². The van der Waals surface area contributed by atoms with Crippen LogP contribution >= 0.6 is 0 Å². The maximum absolute atomic E-state index is 13.5. The van der Waals surface area contributed by atoms with Crippen molar-refractivity contribution in [2.24, 2.45) is 5.73 Å². The molecule has 1 atom stereocenters. The molecule has 0 radical (unpaired) electrons. The first kappa shape index (κ1) is 26.3. The molecule has 0 aliphatic rings. The van der Waals surface area contributed by atoms with Gasteiger partial charge in [-0.15, -0.1) is 0 Å². The Balaban J connectivity index is 1.59. The van der Waals surface area contributed by atoms with Crippen LogP contribution in [0.3, 0.4) is 0 Å². The molecule has 0 aromatic heterocycles. The van der Waals surface area contributed by atoms with Gasteiger partial charge in [-0.2, -0.15) is 0 Å². The number of carbonyl (C=O) groups is 1. The monoisotopic (exact) mass is 508 g/mol. The van der Waals surface area contributed by atoms with Crippen LogP contribution in [0.5, 0.6) is 11.5 Å². The summed E-state index contributed by atoms with van der Waals surface area (Å²) in [7, 11) is 0. The number of carbonyl (C=O) groups excluding carboxylic acids is 1. The lowest BCUT2D eigenvalue weighted by Crippen LogP contribution is -2.33. The summed E-state index contributed by atoms with van der Waals surface area (Å²) in [6.07, 6.45) is 0. The van der Waals surface area contributed by atoms with Crippen LogP contribution in [-0.2, 0) is 17.9 Å². The third kappa shape index (κ3) is 7.13. The Bertz CT molecular complexity index is 1340. The Kier molecular flexibility index (Phi) is 8.97. The molecule has 7 nitrogen and oxygen atoms in total. The highest BCUT2D eigenvalue weighted by molar-refractivity contribution is 5.95.